The van der Waals surface area contributed by atoms with Gasteiger partial charge in [0.05, 0.1) is 18.6 Å². The molecule has 0 aliphatic heterocycles. The van der Waals surface area contributed by atoms with Crippen molar-refractivity contribution in [2.45, 2.75) is 194 Å². The lowest BCUT2D eigenvalue weighted by atomic mass is 9.91. The molecule has 0 saturated carbocycles. The molecule has 0 aromatic heterocycles. The molecule has 0 fully saturated rings. The third-order valence-corrected chi connectivity index (χ3v) is 8.39. The summed E-state index contributed by atoms with van der Waals surface area (Å²) < 4.78 is 12.3. The van der Waals surface area contributed by atoms with Gasteiger partial charge >= 0.3 is 5.97 Å². The second kappa shape index (κ2) is 26.7. The molecule has 0 bridgehead atoms. The molecule has 0 N–H and O–H groups in total. The third-order valence-electron chi connectivity index (χ3n) is 8.39. The molecule has 0 amide bonds. The molecule has 0 saturated heterocycles. The second-order valence-electron chi connectivity index (χ2n) is 13.7. The van der Waals surface area contributed by atoms with Gasteiger partial charge in [-0.25, -0.2) is 0 Å². The molecule has 43 heavy (non-hydrogen) atoms. The molecule has 1 aromatic carbocycles. The van der Waals surface area contributed by atoms with Crippen molar-refractivity contribution in [3.8, 4) is 0 Å². The van der Waals surface area contributed by atoms with Crippen LogP contribution in [0.3, 0.4) is 0 Å². The highest BCUT2D eigenvalue weighted by Crippen LogP contribution is 2.27. The van der Waals surface area contributed by atoms with Gasteiger partial charge < -0.3 is 14.3 Å². The molecule has 0 heterocycles. The van der Waals surface area contributed by atoms with Gasteiger partial charge in [-0.2, -0.15) is 0 Å². The Balaban J connectivity index is 2.35. The van der Waals surface area contributed by atoms with E-state index in [0.29, 0.717) is 13.0 Å². The highest BCUT2D eigenvalue weighted by atomic mass is 16.6. The van der Waals surface area contributed by atoms with E-state index in [2.05, 4.69) is 19.1 Å². The number of ether oxygens (including phenoxy) is 2. The minimum absolute atomic E-state index is 0.145. The summed E-state index contributed by atoms with van der Waals surface area (Å²) in [5.74, 6) is -0.423. The van der Waals surface area contributed by atoms with Gasteiger partial charge in [-0.05, 0) is 45.6 Å². The highest BCUT2D eigenvalue weighted by molar-refractivity contribution is 5.73. The predicted molar refractivity (Wildman–Crippen MR) is 182 cm³/mol. The van der Waals surface area contributed by atoms with Gasteiger partial charge in [0.25, 0.3) is 0 Å². The Labute approximate surface area is 266 Å². The van der Waals surface area contributed by atoms with E-state index >= 15 is 0 Å². The van der Waals surface area contributed by atoms with Crippen LogP contribution in [0.2, 0.25) is 0 Å². The van der Waals surface area contributed by atoms with Crippen LogP contribution < -0.4 is 0 Å². The van der Waals surface area contributed by atoms with E-state index in [1.165, 1.54) is 103 Å². The molecule has 1 rings (SSSR count). The van der Waals surface area contributed by atoms with Gasteiger partial charge in [-0.1, -0.05) is 159 Å². The smallest absolute Gasteiger partial charge is 0.312 e. The zero-order valence-corrected chi connectivity index (χ0v) is 28.7. The van der Waals surface area contributed by atoms with E-state index < -0.39 is 5.60 Å². The maximum Gasteiger partial charge on any atom is 0.312 e. The monoisotopic (exact) mass is 601 g/mol. The van der Waals surface area contributed by atoms with Crippen molar-refractivity contribution < 1.29 is 19.1 Å². The van der Waals surface area contributed by atoms with Crippen LogP contribution in [-0.4, -0.2) is 24.0 Å². The van der Waals surface area contributed by atoms with Crippen LogP contribution in [0.25, 0.3) is 0 Å². The zero-order valence-electron chi connectivity index (χ0n) is 28.7. The molecular weight excluding hydrogens is 532 g/mol. The van der Waals surface area contributed by atoms with Gasteiger partial charge in [0.15, 0.2) is 0 Å². The minimum Gasteiger partial charge on any atom is -0.460 e. The Hall–Kier alpha value is -1.68. The maximum absolute atomic E-state index is 13.4. The number of carbonyl (C=O) groups excluding carboxylic acids is 2. The number of rotatable bonds is 29. The first kappa shape index (κ1) is 39.3. The predicted octanol–water partition coefficient (Wildman–Crippen LogP) is 11.7. The van der Waals surface area contributed by atoms with E-state index in [0.717, 1.165) is 50.4 Å². The van der Waals surface area contributed by atoms with Crippen LogP contribution in [0.4, 0.5) is 0 Å². The van der Waals surface area contributed by atoms with Crippen LogP contribution >= 0.6 is 0 Å². The molecule has 1 aromatic rings. The van der Waals surface area contributed by atoms with E-state index in [-0.39, 0.29) is 18.0 Å². The van der Waals surface area contributed by atoms with Crippen LogP contribution in [0, 0.1) is 5.92 Å². The number of carbonyl (C=O) groups is 2. The summed E-state index contributed by atoms with van der Waals surface area (Å²) >= 11 is 0. The Morgan fingerprint density at radius 1 is 0.674 bits per heavy atom. The van der Waals surface area contributed by atoms with Crippen LogP contribution in [-0.2, 0) is 25.7 Å². The zero-order chi connectivity index (χ0) is 31.4. The standard InChI is InChI=1S/C39H68O4/c1-5-6-7-8-9-10-11-12-13-14-15-16-17-18-19-20-21-26-31-36(38(41)43-39(2,3)4)37(32-27-23-28-33-40)42-34-35-29-24-22-25-30-35/h22,24-25,29-30,33,36-37H,5-21,23,26-28,31-32,34H2,1-4H3/t36-,37-/m0/s1. The van der Waals surface area contributed by atoms with Crippen molar-refractivity contribution in [3.05, 3.63) is 35.9 Å². The van der Waals surface area contributed by atoms with Crippen LogP contribution in [0.15, 0.2) is 30.3 Å². The van der Waals surface area contributed by atoms with Gasteiger partial charge in [-0.3, -0.25) is 4.79 Å². The minimum atomic E-state index is -0.523. The Morgan fingerprint density at radius 3 is 1.60 bits per heavy atom. The quantitative estimate of drug-likeness (QED) is 0.0521. The lowest BCUT2D eigenvalue weighted by Crippen LogP contribution is -2.36. The molecule has 0 unspecified atom stereocenters. The lowest BCUT2D eigenvalue weighted by molar-refractivity contribution is -0.167. The van der Waals surface area contributed by atoms with Gasteiger partial charge in [0.1, 0.15) is 11.9 Å². The first-order valence-electron chi connectivity index (χ1n) is 18.2. The van der Waals surface area contributed by atoms with E-state index in [1.807, 2.05) is 39.0 Å². The number of unbranched alkanes of at least 4 members (excludes halogenated alkanes) is 19. The topological polar surface area (TPSA) is 52.6 Å². The molecular formula is C39H68O4. The highest BCUT2D eigenvalue weighted by Gasteiger charge is 2.32. The van der Waals surface area contributed by atoms with Crippen LogP contribution in [0.5, 0.6) is 0 Å². The molecule has 4 heteroatoms. The summed E-state index contributed by atoms with van der Waals surface area (Å²) in [7, 11) is 0. The van der Waals surface area contributed by atoms with Gasteiger partial charge in [-0.15, -0.1) is 0 Å². The van der Waals surface area contributed by atoms with Crippen molar-refractivity contribution in [2.24, 2.45) is 5.92 Å². The SMILES string of the molecule is CCCCCCCCCCCCCCCCCCCC[C@H](C(=O)OC(C)(C)C)[C@H](CCCCC=O)OCc1ccccc1. The molecule has 0 aliphatic rings. The Kier molecular flexibility index (Phi) is 24.4. The molecule has 0 radical (unpaired) electrons. The number of aldehydes is 1. The van der Waals surface area contributed by atoms with Crippen molar-refractivity contribution in [1.82, 2.24) is 0 Å². The molecule has 4 nitrogen and oxygen atoms in total. The number of hydrogen-bond acceptors (Lipinski definition) is 4. The second-order valence-corrected chi connectivity index (χ2v) is 13.7. The first-order chi connectivity index (χ1) is 20.9. The van der Waals surface area contributed by atoms with Crippen molar-refractivity contribution >= 4 is 12.3 Å². The van der Waals surface area contributed by atoms with Crippen molar-refractivity contribution in [1.29, 1.82) is 0 Å². The average Bonchev–Trinajstić information content (AvgIpc) is 2.98. The summed E-state index contributed by atoms with van der Waals surface area (Å²) in [6.07, 6.45) is 28.9. The molecule has 2 atom stereocenters. The fourth-order valence-electron chi connectivity index (χ4n) is 5.85. The molecule has 0 aliphatic carbocycles. The molecule has 248 valence electrons. The third kappa shape index (κ3) is 23.4. The molecule has 0 spiro atoms. The normalized spacial score (nSPS) is 13.1. The summed E-state index contributed by atoms with van der Waals surface area (Å²) in [5.41, 5.74) is 0.585. The summed E-state index contributed by atoms with van der Waals surface area (Å²) in [4.78, 5) is 24.2. The number of benzene rings is 1. The Bertz CT molecular complexity index is 769. The van der Waals surface area contributed by atoms with Gasteiger partial charge in [0.2, 0.25) is 0 Å². The fraction of sp³-hybridized carbons (Fsp3) is 0.795. The largest absolute Gasteiger partial charge is 0.460 e. The summed E-state index contributed by atoms with van der Waals surface area (Å²) in [6.45, 7) is 8.57. The average molecular weight is 601 g/mol. The lowest BCUT2D eigenvalue weighted by Gasteiger charge is -2.29. The van der Waals surface area contributed by atoms with Crippen LogP contribution in [0.1, 0.15) is 181 Å². The van der Waals surface area contributed by atoms with Gasteiger partial charge in [0, 0.05) is 6.42 Å². The fourth-order valence-corrected chi connectivity index (χ4v) is 5.85. The van der Waals surface area contributed by atoms with Crippen molar-refractivity contribution in [3.63, 3.8) is 0 Å². The van der Waals surface area contributed by atoms with E-state index in [4.69, 9.17) is 9.47 Å². The summed E-state index contributed by atoms with van der Waals surface area (Å²) in [5, 5.41) is 0. The van der Waals surface area contributed by atoms with Crippen molar-refractivity contribution in [2.75, 3.05) is 0 Å². The number of esters is 1. The van der Waals surface area contributed by atoms with E-state index in [1.54, 1.807) is 0 Å². The Morgan fingerprint density at radius 2 is 1.14 bits per heavy atom. The number of hydrogen-bond donors (Lipinski definition) is 0. The van der Waals surface area contributed by atoms with E-state index in [9.17, 15) is 9.59 Å². The summed E-state index contributed by atoms with van der Waals surface area (Å²) in [6, 6.07) is 10.2. The first-order valence-corrected chi connectivity index (χ1v) is 18.2. The maximum atomic E-state index is 13.4.